The molecule has 0 saturated carbocycles. The van der Waals surface area contributed by atoms with Gasteiger partial charge in [0.05, 0.1) is 36.4 Å². The molecule has 0 bridgehead atoms. The standard InChI is InChI=1S/C34H34FN5O4/c1-42-34(41)24-15-27(35)32-28(16-24)40(18-25-9-12-37-25)31(38-32)19-39-13-10-22(11-14-39)26-3-2-4-29-33(26)43-20-30(44-29)23-7-5-21(17-36)6-8-23/h2-8,15-16,22,25,30,37H,9-14,18-20H2,1H3/t25-,30-/m0/s1. The van der Waals surface area contributed by atoms with Crippen molar-refractivity contribution in [2.75, 3.05) is 33.4 Å². The Morgan fingerprint density at radius 2 is 1.95 bits per heavy atom. The number of piperidine rings is 1. The molecule has 10 heteroatoms. The zero-order valence-electron chi connectivity index (χ0n) is 24.6. The molecule has 7 rings (SSSR count). The van der Waals surface area contributed by atoms with Crippen LogP contribution in [0, 0.1) is 17.1 Å². The molecule has 0 amide bonds. The van der Waals surface area contributed by atoms with Gasteiger partial charge in [-0.05, 0) is 80.7 Å². The van der Waals surface area contributed by atoms with Crippen molar-refractivity contribution in [1.29, 1.82) is 5.26 Å². The Kier molecular flexibility index (Phi) is 7.66. The Hall–Kier alpha value is -4.46. The van der Waals surface area contributed by atoms with Crippen LogP contribution in [0.2, 0.25) is 0 Å². The quantitative estimate of drug-likeness (QED) is 0.295. The lowest BCUT2D eigenvalue weighted by molar-refractivity contribution is 0.0600. The van der Waals surface area contributed by atoms with Crippen molar-refractivity contribution < 1.29 is 23.4 Å². The van der Waals surface area contributed by atoms with Gasteiger partial charge in [0.25, 0.3) is 0 Å². The third kappa shape index (κ3) is 5.38. The number of hydrogen-bond acceptors (Lipinski definition) is 8. The number of fused-ring (bicyclic) bond motifs is 2. The number of benzene rings is 3. The van der Waals surface area contributed by atoms with E-state index in [2.05, 4.69) is 26.9 Å². The second-order valence-electron chi connectivity index (χ2n) is 11.8. The Labute approximate surface area is 255 Å². The highest BCUT2D eigenvalue weighted by Gasteiger charge is 2.30. The molecule has 2 fully saturated rings. The summed E-state index contributed by atoms with van der Waals surface area (Å²) in [6, 6.07) is 18.9. The third-order valence-corrected chi connectivity index (χ3v) is 9.10. The first-order chi connectivity index (χ1) is 21.5. The van der Waals surface area contributed by atoms with E-state index in [0.717, 1.165) is 61.8 Å². The molecule has 0 aliphatic carbocycles. The molecule has 3 aliphatic rings. The van der Waals surface area contributed by atoms with Crippen LogP contribution in [0.4, 0.5) is 4.39 Å². The second-order valence-corrected chi connectivity index (χ2v) is 11.8. The van der Waals surface area contributed by atoms with Gasteiger partial charge < -0.3 is 24.1 Å². The van der Waals surface area contributed by atoms with Gasteiger partial charge in [0, 0.05) is 18.2 Å². The van der Waals surface area contributed by atoms with E-state index < -0.39 is 11.8 Å². The number of halogens is 1. The van der Waals surface area contributed by atoms with Crippen LogP contribution in [0.1, 0.15) is 64.2 Å². The molecule has 9 nitrogen and oxygen atoms in total. The summed E-state index contributed by atoms with van der Waals surface area (Å²) in [5, 5.41) is 12.5. The highest BCUT2D eigenvalue weighted by atomic mass is 19.1. The zero-order chi connectivity index (χ0) is 30.2. The highest BCUT2D eigenvalue weighted by molar-refractivity contribution is 5.94. The third-order valence-electron chi connectivity index (χ3n) is 9.10. The fourth-order valence-electron chi connectivity index (χ4n) is 6.50. The van der Waals surface area contributed by atoms with Crippen molar-refractivity contribution in [2.24, 2.45) is 0 Å². The number of ether oxygens (including phenoxy) is 3. The molecule has 0 radical (unpaired) electrons. The molecule has 3 aromatic carbocycles. The van der Waals surface area contributed by atoms with Crippen LogP contribution in [0.5, 0.6) is 11.5 Å². The normalized spacial score (nSPS) is 20.2. The smallest absolute Gasteiger partial charge is 0.338 e. The molecule has 2 atom stereocenters. The fourth-order valence-corrected chi connectivity index (χ4v) is 6.50. The van der Waals surface area contributed by atoms with E-state index in [0.29, 0.717) is 42.7 Å². The minimum atomic E-state index is -0.564. The van der Waals surface area contributed by atoms with Gasteiger partial charge in [0.2, 0.25) is 0 Å². The van der Waals surface area contributed by atoms with Gasteiger partial charge in [-0.15, -0.1) is 0 Å². The minimum Gasteiger partial charge on any atom is -0.485 e. The van der Waals surface area contributed by atoms with Crippen molar-refractivity contribution in [3.63, 3.8) is 0 Å². The summed E-state index contributed by atoms with van der Waals surface area (Å²) in [6.07, 6.45) is 2.72. The van der Waals surface area contributed by atoms with Crippen LogP contribution in [-0.2, 0) is 17.8 Å². The molecule has 4 heterocycles. The number of nitriles is 1. The van der Waals surface area contributed by atoms with E-state index in [-0.39, 0.29) is 17.2 Å². The first kappa shape index (κ1) is 28.3. The van der Waals surface area contributed by atoms with Crippen molar-refractivity contribution in [3.05, 3.63) is 88.5 Å². The van der Waals surface area contributed by atoms with Crippen LogP contribution < -0.4 is 14.8 Å². The average molecular weight is 596 g/mol. The first-order valence-corrected chi connectivity index (χ1v) is 15.2. The van der Waals surface area contributed by atoms with Gasteiger partial charge >= 0.3 is 5.97 Å². The summed E-state index contributed by atoms with van der Waals surface area (Å²) in [7, 11) is 1.30. The fraction of sp³-hybridized carbons (Fsp3) is 0.382. The lowest BCUT2D eigenvalue weighted by Crippen LogP contribution is -2.46. The molecule has 2 saturated heterocycles. The molecular weight excluding hydrogens is 561 g/mol. The number of esters is 1. The van der Waals surface area contributed by atoms with Crippen LogP contribution in [0.3, 0.4) is 0 Å². The van der Waals surface area contributed by atoms with Gasteiger partial charge in [0.15, 0.2) is 23.4 Å². The summed E-state index contributed by atoms with van der Waals surface area (Å²) >= 11 is 0. The number of para-hydroxylation sites is 1. The molecular formula is C34H34FN5O4. The summed E-state index contributed by atoms with van der Waals surface area (Å²) in [5.74, 6) is 1.62. The summed E-state index contributed by atoms with van der Waals surface area (Å²) in [5.41, 5.74) is 3.86. The molecule has 1 N–H and O–H groups in total. The van der Waals surface area contributed by atoms with E-state index in [1.165, 1.54) is 18.7 Å². The Morgan fingerprint density at radius 1 is 1.16 bits per heavy atom. The number of nitrogens with one attached hydrogen (secondary N) is 1. The van der Waals surface area contributed by atoms with Crippen molar-refractivity contribution in [3.8, 4) is 17.6 Å². The number of rotatable bonds is 7. The van der Waals surface area contributed by atoms with E-state index in [9.17, 15) is 4.79 Å². The molecule has 1 aromatic heterocycles. The molecule has 0 unspecified atom stereocenters. The van der Waals surface area contributed by atoms with Gasteiger partial charge in [0.1, 0.15) is 17.9 Å². The summed E-state index contributed by atoms with van der Waals surface area (Å²) < 4.78 is 34.7. The summed E-state index contributed by atoms with van der Waals surface area (Å²) in [6.45, 7) is 4.38. The van der Waals surface area contributed by atoms with E-state index in [1.807, 2.05) is 24.3 Å². The maximum absolute atomic E-state index is 15.1. The molecule has 0 spiro atoms. The minimum absolute atomic E-state index is 0.188. The van der Waals surface area contributed by atoms with Crippen molar-refractivity contribution in [1.82, 2.24) is 19.8 Å². The predicted octanol–water partition coefficient (Wildman–Crippen LogP) is 5.09. The van der Waals surface area contributed by atoms with Gasteiger partial charge in [-0.3, -0.25) is 4.90 Å². The number of aromatic nitrogens is 2. The molecule has 226 valence electrons. The lowest BCUT2D eigenvalue weighted by Gasteiger charge is -2.35. The largest absolute Gasteiger partial charge is 0.485 e. The van der Waals surface area contributed by atoms with Crippen LogP contribution in [0.25, 0.3) is 11.0 Å². The first-order valence-electron chi connectivity index (χ1n) is 15.2. The number of imidazole rings is 1. The van der Waals surface area contributed by atoms with Gasteiger partial charge in [-0.2, -0.15) is 5.26 Å². The lowest BCUT2D eigenvalue weighted by atomic mass is 9.88. The maximum Gasteiger partial charge on any atom is 0.338 e. The van der Waals surface area contributed by atoms with E-state index >= 15 is 4.39 Å². The van der Waals surface area contributed by atoms with Crippen LogP contribution in [0.15, 0.2) is 54.6 Å². The SMILES string of the molecule is COC(=O)c1cc(F)c2nc(CN3CCC(c4cccc5c4OC[C@@H](c4ccc(C#N)cc4)O5)CC3)n(C[C@@H]3CCN3)c2c1. The predicted molar refractivity (Wildman–Crippen MR) is 161 cm³/mol. The number of carbonyl (C=O) groups is 1. The highest BCUT2D eigenvalue weighted by Crippen LogP contribution is 2.44. The number of carbonyl (C=O) groups excluding carboxylic acids is 1. The van der Waals surface area contributed by atoms with E-state index in [1.54, 1.807) is 18.2 Å². The Balaban J connectivity index is 1.06. The number of nitrogens with zero attached hydrogens (tertiary/aromatic N) is 4. The number of likely N-dealkylation sites (tertiary alicyclic amines) is 1. The van der Waals surface area contributed by atoms with Crippen molar-refractivity contribution in [2.45, 2.75) is 50.4 Å². The van der Waals surface area contributed by atoms with Crippen molar-refractivity contribution >= 4 is 17.0 Å². The van der Waals surface area contributed by atoms with E-state index in [4.69, 9.17) is 24.5 Å². The topological polar surface area (TPSA) is 102 Å². The Bertz CT molecular complexity index is 1740. The monoisotopic (exact) mass is 595 g/mol. The Morgan fingerprint density at radius 3 is 2.66 bits per heavy atom. The maximum atomic E-state index is 15.1. The number of methoxy groups -OCH3 is 1. The number of hydrogen-bond donors (Lipinski definition) is 1. The van der Waals surface area contributed by atoms with Crippen LogP contribution in [-0.4, -0.2) is 59.8 Å². The molecule has 44 heavy (non-hydrogen) atoms. The molecule has 4 aromatic rings. The summed E-state index contributed by atoms with van der Waals surface area (Å²) in [4.78, 5) is 19.3. The second kappa shape index (κ2) is 11.9. The van der Waals surface area contributed by atoms with Crippen LogP contribution >= 0.6 is 0 Å². The average Bonchev–Trinajstić information content (AvgIpc) is 3.39. The molecule has 3 aliphatic heterocycles. The van der Waals surface area contributed by atoms with Gasteiger partial charge in [-0.25, -0.2) is 14.2 Å². The zero-order valence-corrected chi connectivity index (χ0v) is 24.6. The van der Waals surface area contributed by atoms with Gasteiger partial charge in [-0.1, -0.05) is 24.3 Å².